The molecule has 2 aromatic rings. The molecule has 1 N–H and O–H groups in total. The number of nitrogens with one attached hydrogen (secondary N) is 1. The van der Waals surface area contributed by atoms with Crippen molar-refractivity contribution in [2.45, 2.75) is 4.90 Å². The highest BCUT2D eigenvalue weighted by Crippen LogP contribution is 2.28. The van der Waals surface area contributed by atoms with Crippen LogP contribution in [0.15, 0.2) is 59.5 Å². The fourth-order valence-electron chi connectivity index (χ4n) is 3.57. The molecule has 1 saturated heterocycles. The van der Waals surface area contributed by atoms with Crippen molar-refractivity contribution in [1.29, 1.82) is 0 Å². The van der Waals surface area contributed by atoms with Crippen LogP contribution in [-0.2, 0) is 33.9 Å². The number of nitrogens with zero attached hydrogens (tertiary/aromatic N) is 2. The molecule has 34 heavy (non-hydrogen) atoms. The molecule has 2 aliphatic heterocycles. The van der Waals surface area contributed by atoms with E-state index in [-0.39, 0.29) is 17.3 Å². The monoisotopic (exact) mass is 485 g/mol. The van der Waals surface area contributed by atoms with Crippen LogP contribution < -0.4 is 10.2 Å². The molecule has 0 saturated carbocycles. The molecule has 178 valence electrons. The summed E-state index contributed by atoms with van der Waals surface area (Å²) in [6, 6.07) is 12.9. The number of sulfonamides is 1. The summed E-state index contributed by atoms with van der Waals surface area (Å²) in [7, 11) is -3.60. The number of hydrogen-bond donors (Lipinski definition) is 1. The van der Waals surface area contributed by atoms with Crippen molar-refractivity contribution in [1.82, 2.24) is 4.31 Å². The average molecular weight is 486 g/mol. The molecule has 0 unspecified atom stereocenters. The molecule has 0 aromatic heterocycles. The molecule has 4 rings (SSSR count). The molecule has 10 nitrogen and oxygen atoms in total. The van der Waals surface area contributed by atoms with Crippen molar-refractivity contribution >= 4 is 45.3 Å². The number of rotatable bonds is 6. The van der Waals surface area contributed by atoms with E-state index in [0.29, 0.717) is 43.2 Å². The highest BCUT2D eigenvalue weighted by molar-refractivity contribution is 7.89. The molecule has 0 spiro atoms. The molecule has 11 heteroatoms. The van der Waals surface area contributed by atoms with Gasteiger partial charge < -0.3 is 14.8 Å². The average Bonchev–Trinajstić information content (AvgIpc) is 2.86. The standard InChI is InChI=1S/C23H23N3O7S/c27-21-15-26(20-4-2-1-3-19(20)24-21)22(28)16-33-23(29)10-7-17-5-8-18(9-6-17)34(30,31)25-11-13-32-14-12-25/h1-10H,11-16H2,(H,24,27)/b10-7+. The van der Waals surface area contributed by atoms with Gasteiger partial charge in [0.15, 0.2) is 6.61 Å². The Kier molecular flexibility index (Phi) is 7.06. The van der Waals surface area contributed by atoms with Gasteiger partial charge in [-0.25, -0.2) is 13.2 Å². The lowest BCUT2D eigenvalue weighted by Gasteiger charge is -2.28. The number of ether oxygens (including phenoxy) is 2. The molecule has 0 radical (unpaired) electrons. The zero-order valence-electron chi connectivity index (χ0n) is 18.2. The normalized spacial score (nSPS) is 16.7. The number of benzene rings is 2. The van der Waals surface area contributed by atoms with Crippen LogP contribution in [0.3, 0.4) is 0 Å². The van der Waals surface area contributed by atoms with Crippen molar-refractivity contribution in [3.8, 4) is 0 Å². The van der Waals surface area contributed by atoms with E-state index in [9.17, 15) is 22.8 Å². The topological polar surface area (TPSA) is 122 Å². The Hall–Kier alpha value is -3.54. The molecule has 0 bridgehead atoms. The summed E-state index contributed by atoms with van der Waals surface area (Å²) in [5.74, 6) is -1.60. The number of para-hydroxylation sites is 2. The third-order valence-electron chi connectivity index (χ3n) is 5.31. The van der Waals surface area contributed by atoms with Gasteiger partial charge in [-0.3, -0.25) is 14.5 Å². The molecule has 0 aliphatic carbocycles. The van der Waals surface area contributed by atoms with Gasteiger partial charge in [-0.15, -0.1) is 0 Å². The van der Waals surface area contributed by atoms with E-state index in [4.69, 9.17) is 9.47 Å². The Morgan fingerprint density at radius 1 is 1.06 bits per heavy atom. The van der Waals surface area contributed by atoms with Crippen LogP contribution in [0.25, 0.3) is 6.08 Å². The van der Waals surface area contributed by atoms with Crippen molar-refractivity contribution < 1.29 is 32.3 Å². The Bertz CT molecular complexity index is 1220. The molecule has 2 aliphatic rings. The smallest absolute Gasteiger partial charge is 0.331 e. The zero-order valence-corrected chi connectivity index (χ0v) is 19.0. The van der Waals surface area contributed by atoms with Crippen LogP contribution >= 0.6 is 0 Å². The van der Waals surface area contributed by atoms with E-state index in [2.05, 4.69) is 5.32 Å². The minimum Gasteiger partial charge on any atom is -0.452 e. The first-order chi connectivity index (χ1) is 16.3. The maximum Gasteiger partial charge on any atom is 0.331 e. The first kappa shape index (κ1) is 23.6. The minimum atomic E-state index is -3.60. The molecule has 1 fully saturated rings. The maximum atomic E-state index is 12.7. The second kappa shape index (κ2) is 10.2. The highest BCUT2D eigenvalue weighted by atomic mass is 32.2. The first-order valence-corrected chi connectivity index (χ1v) is 12.0. The molecule has 0 atom stereocenters. The van der Waals surface area contributed by atoms with Gasteiger partial charge in [0.1, 0.15) is 6.54 Å². The Balaban J connectivity index is 1.33. The summed E-state index contributed by atoms with van der Waals surface area (Å²) in [6.07, 6.45) is 2.61. The molecule has 2 amide bonds. The van der Waals surface area contributed by atoms with Gasteiger partial charge in [-0.1, -0.05) is 24.3 Å². The second-order valence-electron chi connectivity index (χ2n) is 7.57. The molecular weight excluding hydrogens is 462 g/mol. The largest absolute Gasteiger partial charge is 0.452 e. The van der Waals surface area contributed by atoms with E-state index < -0.39 is 28.5 Å². The number of hydrogen-bond acceptors (Lipinski definition) is 7. The Morgan fingerprint density at radius 3 is 2.50 bits per heavy atom. The molecular formula is C23H23N3O7S. The number of amides is 2. The van der Waals surface area contributed by atoms with E-state index in [1.54, 1.807) is 36.4 Å². The summed E-state index contributed by atoms with van der Waals surface area (Å²) in [5, 5.41) is 2.68. The van der Waals surface area contributed by atoms with E-state index in [1.165, 1.54) is 27.4 Å². The minimum absolute atomic E-state index is 0.158. The number of carbonyl (C=O) groups is 3. The van der Waals surface area contributed by atoms with Crippen molar-refractivity contribution in [2.75, 3.05) is 49.7 Å². The van der Waals surface area contributed by atoms with Gasteiger partial charge in [0.2, 0.25) is 15.9 Å². The fraction of sp³-hybridized carbons (Fsp3) is 0.261. The Labute approximate surface area is 196 Å². The van der Waals surface area contributed by atoms with Gasteiger partial charge in [0.05, 0.1) is 29.5 Å². The van der Waals surface area contributed by atoms with Gasteiger partial charge in [-0.2, -0.15) is 4.31 Å². The summed E-state index contributed by atoms with van der Waals surface area (Å²) >= 11 is 0. The van der Waals surface area contributed by atoms with Crippen LogP contribution in [-0.4, -0.2) is 70.0 Å². The van der Waals surface area contributed by atoms with Gasteiger partial charge in [0, 0.05) is 19.2 Å². The highest BCUT2D eigenvalue weighted by Gasteiger charge is 2.27. The third kappa shape index (κ3) is 5.33. The quantitative estimate of drug-likeness (QED) is 0.483. The van der Waals surface area contributed by atoms with Gasteiger partial charge in [0.25, 0.3) is 5.91 Å². The fourth-order valence-corrected chi connectivity index (χ4v) is 4.97. The molecule has 2 aromatic carbocycles. The van der Waals surface area contributed by atoms with E-state index in [0.717, 1.165) is 6.08 Å². The Morgan fingerprint density at radius 2 is 1.76 bits per heavy atom. The van der Waals surface area contributed by atoms with Crippen molar-refractivity contribution in [2.24, 2.45) is 0 Å². The third-order valence-corrected chi connectivity index (χ3v) is 7.22. The number of fused-ring (bicyclic) bond motifs is 1. The number of carbonyl (C=O) groups excluding carboxylic acids is 3. The van der Waals surface area contributed by atoms with Crippen LogP contribution in [0.4, 0.5) is 11.4 Å². The van der Waals surface area contributed by atoms with E-state index >= 15 is 0 Å². The SMILES string of the molecule is O=C1CN(C(=O)COC(=O)/C=C/c2ccc(S(=O)(=O)N3CCOCC3)cc2)c2ccccc2N1. The predicted octanol–water partition coefficient (Wildman–Crippen LogP) is 1.25. The van der Waals surface area contributed by atoms with Crippen LogP contribution in [0.1, 0.15) is 5.56 Å². The zero-order chi connectivity index (χ0) is 24.1. The summed E-state index contributed by atoms with van der Waals surface area (Å²) < 4.78 is 36.9. The van der Waals surface area contributed by atoms with Gasteiger partial charge in [-0.05, 0) is 35.9 Å². The van der Waals surface area contributed by atoms with Crippen LogP contribution in [0.5, 0.6) is 0 Å². The maximum absolute atomic E-state index is 12.7. The lowest BCUT2D eigenvalue weighted by molar-refractivity contribution is -0.143. The first-order valence-electron chi connectivity index (χ1n) is 10.6. The molecule has 2 heterocycles. The van der Waals surface area contributed by atoms with Crippen LogP contribution in [0.2, 0.25) is 0 Å². The summed E-state index contributed by atoms with van der Waals surface area (Å²) in [5.41, 5.74) is 1.63. The number of anilines is 2. The predicted molar refractivity (Wildman–Crippen MR) is 123 cm³/mol. The summed E-state index contributed by atoms with van der Waals surface area (Å²) in [4.78, 5) is 37.9. The van der Waals surface area contributed by atoms with Gasteiger partial charge >= 0.3 is 5.97 Å². The van der Waals surface area contributed by atoms with Crippen molar-refractivity contribution in [3.63, 3.8) is 0 Å². The number of morpholine rings is 1. The van der Waals surface area contributed by atoms with Crippen LogP contribution in [0, 0.1) is 0 Å². The van der Waals surface area contributed by atoms with Crippen molar-refractivity contribution in [3.05, 3.63) is 60.2 Å². The lowest BCUT2D eigenvalue weighted by atomic mass is 10.2. The summed E-state index contributed by atoms with van der Waals surface area (Å²) in [6.45, 7) is 0.652. The second-order valence-corrected chi connectivity index (χ2v) is 9.51. The lowest BCUT2D eigenvalue weighted by Crippen LogP contribution is -2.43. The van der Waals surface area contributed by atoms with E-state index in [1.807, 2.05) is 0 Å². The number of esters is 1.